The summed E-state index contributed by atoms with van der Waals surface area (Å²) in [5.74, 6) is 2.26. The van der Waals surface area contributed by atoms with Gasteiger partial charge in [0.1, 0.15) is 11.5 Å². The van der Waals surface area contributed by atoms with Crippen LogP contribution in [0.3, 0.4) is 0 Å². The van der Waals surface area contributed by atoms with E-state index in [1.807, 2.05) is 84.9 Å². The lowest BCUT2D eigenvalue weighted by Crippen LogP contribution is -1.97. The summed E-state index contributed by atoms with van der Waals surface area (Å²) >= 11 is 0. The number of aryl methyl sites for hydroxylation is 2. The Morgan fingerprint density at radius 2 is 0.881 bits per heavy atom. The molecule has 10 nitrogen and oxygen atoms in total. The van der Waals surface area contributed by atoms with Crippen molar-refractivity contribution in [2.45, 2.75) is 26.1 Å². The number of hydrogen-bond donors (Lipinski definition) is 2. The van der Waals surface area contributed by atoms with E-state index in [0.717, 1.165) is 35.7 Å². The molecule has 0 aliphatic rings. The van der Waals surface area contributed by atoms with Crippen LogP contribution in [-0.2, 0) is 26.1 Å². The highest BCUT2D eigenvalue weighted by molar-refractivity contribution is 5.51. The lowest BCUT2D eigenvalue weighted by Gasteiger charge is -2.07. The number of hydrogen-bond acceptors (Lipinski definition) is 10. The van der Waals surface area contributed by atoms with E-state index in [1.165, 1.54) is 11.1 Å². The van der Waals surface area contributed by atoms with E-state index in [-0.39, 0.29) is 13.2 Å². The first-order valence-corrected chi connectivity index (χ1v) is 13.5. The van der Waals surface area contributed by atoms with Crippen molar-refractivity contribution >= 4 is 23.4 Å². The Morgan fingerprint density at radius 3 is 1.29 bits per heavy atom. The van der Waals surface area contributed by atoms with Gasteiger partial charge in [-0.15, -0.1) is 10.2 Å². The summed E-state index contributed by atoms with van der Waals surface area (Å²) in [6.45, 7) is 0.380. The van der Waals surface area contributed by atoms with Crippen molar-refractivity contribution in [1.29, 1.82) is 0 Å². The number of ether oxygens (including phenoxy) is 2. The fourth-order valence-corrected chi connectivity index (χ4v) is 4.10. The molecule has 0 saturated heterocycles. The molecule has 2 heterocycles. The van der Waals surface area contributed by atoms with Crippen LogP contribution in [0.15, 0.2) is 118 Å². The second kappa shape index (κ2) is 13.1. The first-order valence-electron chi connectivity index (χ1n) is 13.5. The molecular weight excluding hydrogens is 532 g/mol. The monoisotopic (exact) mass is 560 g/mol. The zero-order valence-corrected chi connectivity index (χ0v) is 22.6. The smallest absolute Gasteiger partial charge is 0.320 e. The van der Waals surface area contributed by atoms with Crippen LogP contribution >= 0.6 is 0 Å². The van der Waals surface area contributed by atoms with Crippen molar-refractivity contribution in [2.75, 3.05) is 10.6 Å². The molecular formula is C32H28N6O4. The van der Waals surface area contributed by atoms with Gasteiger partial charge in [-0.25, -0.2) is 0 Å². The van der Waals surface area contributed by atoms with Crippen LogP contribution in [0.1, 0.15) is 22.9 Å². The van der Waals surface area contributed by atoms with E-state index in [1.54, 1.807) is 0 Å². The molecule has 0 fully saturated rings. The maximum Gasteiger partial charge on any atom is 0.320 e. The van der Waals surface area contributed by atoms with Crippen LogP contribution in [0.25, 0.3) is 0 Å². The zero-order chi connectivity index (χ0) is 28.4. The minimum Gasteiger partial charge on any atom is -0.484 e. The van der Waals surface area contributed by atoms with Crippen LogP contribution in [0, 0.1) is 0 Å². The van der Waals surface area contributed by atoms with Gasteiger partial charge in [0.2, 0.25) is 0 Å². The topological polar surface area (TPSA) is 120 Å². The molecule has 0 radical (unpaired) electrons. The Kier molecular flexibility index (Phi) is 8.32. The normalized spacial score (nSPS) is 10.8. The Hall–Kier alpha value is -5.64. The summed E-state index contributed by atoms with van der Waals surface area (Å²) in [6, 6.07) is 36.0. The van der Waals surface area contributed by atoms with E-state index < -0.39 is 0 Å². The molecule has 6 aromatic rings. The van der Waals surface area contributed by atoms with Gasteiger partial charge < -0.3 is 28.9 Å². The third-order valence-electron chi connectivity index (χ3n) is 6.26. The van der Waals surface area contributed by atoms with Crippen LogP contribution in [0.4, 0.5) is 23.4 Å². The number of benzene rings is 4. The molecule has 0 spiro atoms. The minimum atomic E-state index is 0.190. The van der Waals surface area contributed by atoms with E-state index in [9.17, 15) is 0 Å². The summed E-state index contributed by atoms with van der Waals surface area (Å²) in [7, 11) is 0. The van der Waals surface area contributed by atoms with Gasteiger partial charge in [0.25, 0.3) is 11.8 Å². The van der Waals surface area contributed by atoms with E-state index in [2.05, 4.69) is 55.3 Å². The van der Waals surface area contributed by atoms with Gasteiger partial charge in [0.05, 0.1) is 0 Å². The Morgan fingerprint density at radius 1 is 0.476 bits per heavy atom. The molecule has 2 N–H and O–H groups in total. The maximum absolute atomic E-state index is 5.81. The summed E-state index contributed by atoms with van der Waals surface area (Å²) in [5, 5.41) is 22.2. The second-order valence-corrected chi connectivity index (χ2v) is 9.35. The largest absolute Gasteiger partial charge is 0.484 e. The molecule has 0 saturated carbocycles. The van der Waals surface area contributed by atoms with Gasteiger partial charge in [-0.1, -0.05) is 70.9 Å². The summed E-state index contributed by atoms with van der Waals surface area (Å²) in [5.41, 5.74) is 4.18. The number of anilines is 4. The first kappa shape index (κ1) is 26.6. The van der Waals surface area contributed by atoms with Crippen molar-refractivity contribution in [1.82, 2.24) is 20.4 Å². The third kappa shape index (κ3) is 7.51. The highest BCUT2D eigenvalue weighted by Gasteiger charge is 2.09. The van der Waals surface area contributed by atoms with Crippen LogP contribution in [-0.4, -0.2) is 20.4 Å². The number of aromatic nitrogens is 4. The van der Waals surface area contributed by atoms with Crippen LogP contribution in [0.2, 0.25) is 0 Å². The van der Waals surface area contributed by atoms with Crippen molar-refractivity contribution < 1.29 is 18.3 Å². The molecule has 0 atom stereocenters. The Labute approximate surface area is 242 Å². The highest BCUT2D eigenvalue weighted by Crippen LogP contribution is 2.20. The van der Waals surface area contributed by atoms with Crippen molar-refractivity contribution in [3.05, 3.63) is 132 Å². The molecule has 210 valence electrons. The van der Waals surface area contributed by atoms with Gasteiger partial charge in [-0.05, 0) is 72.5 Å². The van der Waals surface area contributed by atoms with E-state index in [4.69, 9.17) is 18.3 Å². The summed E-state index contributed by atoms with van der Waals surface area (Å²) in [6.07, 6.45) is 1.80. The van der Waals surface area contributed by atoms with Gasteiger partial charge >= 0.3 is 12.0 Å². The number of para-hydroxylation sites is 2. The fraction of sp³-hybridized carbons (Fsp3) is 0.125. The SMILES string of the molecule is c1ccc(Nc2nnc(COc3ccc(CCc4ccc(OCc5nnc(Nc6ccccc6)o5)cc4)cc3)o2)cc1. The van der Waals surface area contributed by atoms with Gasteiger partial charge in [0, 0.05) is 11.4 Å². The predicted octanol–water partition coefficient (Wildman–Crippen LogP) is 6.88. The summed E-state index contributed by atoms with van der Waals surface area (Å²) < 4.78 is 22.8. The van der Waals surface area contributed by atoms with Crippen LogP contribution < -0.4 is 20.1 Å². The standard InChI is InChI=1S/C32H28N6O4/c1-3-7-25(8-4-1)33-31-37-35-29(41-31)21-39-27-17-13-23(14-18-27)11-12-24-15-19-28(20-16-24)40-22-30-36-38-32(42-30)34-26-9-5-2-6-10-26/h1-10,13-20H,11-12,21-22H2,(H,33,37)(H,34,38). The quantitative estimate of drug-likeness (QED) is 0.155. The molecule has 0 aliphatic carbocycles. The fourth-order valence-electron chi connectivity index (χ4n) is 4.10. The van der Waals surface area contributed by atoms with Crippen molar-refractivity contribution in [3.8, 4) is 11.5 Å². The molecule has 42 heavy (non-hydrogen) atoms. The molecule has 0 bridgehead atoms. The van der Waals surface area contributed by atoms with Gasteiger partial charge in [0.15, 0.2) is 13.2 Å². The first-order chi connectivity index (χ1) is 20.7. The average Bonchev–Trinajstić information content (AvgIpc) is 3.69. The molecule has 4 aromatic carbocycles. The zero-order valence-electron chi connectivity index (χ0n) is 22.6. The van der Waals surface area contributed by atoms with Crippen LogP contribution in [0.5, 0.6) is 11.5 Å². The number of nitrogens with one attached hydrogen (secondary N) is 2. The molecule has 2 aromatic heterocycles. The maximum atomic E-state index is 5.81. The molecule has 10 heteroatoms. The van der Waals surface area contributed by atoms with Crippen molar-refractivity contribution in [3.63, 3.8) is 0 Å². The Balaban J connectivity index is 0.920. The lowest BCUT2D eigenvalue weighted by atomic mass is 10.0. The van der Waals surface area contributed by atoms with Gasteiger partial charge in [-0.3, -0.25) is 0 Å². The third-order valence-corrected chi connectivity index (χ3v) is 6.26. The molecule has 0 aliphatic heterocycles. The average molecular weight is 561 g/mol. The highest BCUT2D eigenvalue weighted by atomic mass is 16.5. The number of nitrogens with zero attached hydrogens (tertiary/aromatic N) is 4. The van der Waals surface area contributed by atoms with E-state index in [0.29, 0.717) is 23.8 Å². The van der Waals surface area contributed by atoms with Crippen molar-refractivity contribution in [2.24, 2.45) is 0 Å². The van der Waals surface area contributed by atoms with Gasteiger partial charge in [-0.2, -0.15) is 0 Å². The molecule has 0 amide bonds. The molecule has 0 unspecified atom stereocenters. The second-order valence-electron chi connectivity index (χ2n) is 9.35. The molecule has 6 rings (SSSR count). The minimum absolute atomic E-state index is 0.190. The lowest BCUT2D eigenvalue weighted by molar-refractivity contribution is 0.265. The Bertz CT molecular complexity index is 1540. The number of rotatable bonds is 13. The predicted molar refractivity (Wildman–Crippen MR) is 157 cm³/mol. The van der Waals surface area contributed by atoms with E-state index >= 15 is 0 Å². The summed E-state index contributed by atoms with van der Waals surface area (Å²) in [4.78, 5) is 0.